The molecule has 1 aromatic carbocycles. The van der Waals surface area contributed by atoms with Crippen LogP contribution in [0.5, 0.6) is 0 Å². The molecule has 0 atom stereocenters. The van der Waals surface area contributed by atoms with E-state index in [1.165, 1.54) is 10.6 Å². The predicted molar refractivity (Wildman–Crippen MR) is 92.6 cm³/mol. The third-order valence-corrected chi connectivity index (χ3v) is 5.20. The first-order valence-corrected chi connectivity index (χ1v) is 9.58. The van der Waals surface area contributed by atoms with Gasteiger partial charge in [0.1, 0.15) is 0 Å². The van der Waals surface area contributed by atoms with Crippen molar-refractivity contribution in [2.45, 2.75) is 12.8 Å². The van der Waals surface area contributed by atoms with E-state index in [9.17, 15) is 13.2 Å². The van der Waals surface area contributed by atoms with E-state index in [-0.39, 0.29) is 5.91 Å². The van der Waals surface area contributed by atoms with Gasteiger partial charge >= 0.3 is 0 Å². The summed E-state index contributed by atoms with van der Waals surface area (Å²) in [4.78, 5) is 16.3. The number of carbonyl (C=O) groups is 1. The highest BCUT2D eigenvalue weighted by atomic mass is 32.2. The molecule has 0 radical (unpaired) electrons. The van der Waals surface area contributed by atoms with Crippen molar-refractivity contribution in [3.05, 3.63) is 59.4 Å². The Labute approximate surface area is 141 Å². The molecule has 2 aromatic rings. The van der Waals surface area contributed by atoms with Crippen molar-refractivity contribution in [3.8, 4) is 0 Å². The average molecular weight is 345 g/mol. The highest BCUT2D eigenvalue weighted by molar-refractivity contribution is 7.92. The predicted octanol–water partition coefficient (Wildman–Crippen LogP) is 1.38. The molecule has 0 spiro atoms. The maximum Gasteiger partial charge on any atom is 0.251 e. The van der Waals surface area contributed by atoms with Crippen LogP contribution in [0, 0.1) is 0 Å². The van der Waals surface area contributed by atoms with Crippen LogP contribution in [-0.2, 0) is 22.9 Å². The van der Waals surface area contributed by atoms with Gasteiger partial charge in [-0.15, -0.1) is 0 Å². The Balaban J connectivity index is 1.65. The smallest absolute Gasteiger partial charge is 0.251 e. The summed E-state index contributed by atoms with van der Waals surface area (Å²) in [6, 6.07) is 8.99. The lowest BCUT2D eigenvalue weighted by atomic mass is 10.1. The Morgan fingerprint density at radius 3 is 2.88 bits per heavy atom. The minimum atomic E-state index is -3.27. The van der Waals surface area contributed by atoms with Gasteiger partial charge in [0.25, 0.3) is 5.91 Å². The summed E-state index contributed by atoms with van der Waals surface area (Å²) in [5.74, 6) is -0.153. The number of aromatic nitrogens is 1. The SMILES string of the molecule is CS(=O)(=O)N1CCc2cc(C(=O)NCCc3cccnc3)ccc21. The molecule has 0 saturated carbocycles. The summed E-state index contributed by atoms with van der Waals surface area (Å²) in [6.45, 7) is 0.956. The molecule has 1 amide bonds. The molecule has 6 nitrogen and oxygen atoms in total. The van der Waals surface area contributed by atoms with Gasteiger partial charge in [0.05, 0.1) is 11.9 Å². The van der Waals surface area contributed by atoms with E-state index in [1.807, 2.05) is 12.1 Å². The fraction of sp³-hybridized carbons (Fsp3) is 0.294. The minimum Gasteiger partial charge on any atom is -0.352 e. The van der Waals surface area contributed by atoms with E-state index in [2.05, 4.69) is 10.3 Å². The number of benzene rings is 1. The van der Waals surface area contributed by atoms with E-state index in [4.69, 9.17) is 0 Å². The third-order valence-electron chi connectivity index (χ3n) is 4.02. The van der Waals surface area contributed by atoms with Gasteiger partial charge in [-0.3, -0.25) is 14.1 Å². The molecule has 126 valence electrons. The fourth-order valence-corrected chi connectivity index (χ4v) is 3.78. The number of nitrogens with zero attached hydrogens (tertiary/aromatic N) is 2. The van der Waals surface area contributed by atoms with Gasteiger partial charge in [-0.05, 0) is 48.2 Å². The number of nitrogens with one attached hydrogen (secondary N) is 1. The van der Waals surface area contributed by atoms with Crippen molar-refractivity contribution in [2.75, 3.05) is 23.7 Å². The molecule has 3 rings (SSSR count). The summed E-state index contributed by atoms with van der Waals surface area (Å²) in [6.07, 6.45) is 6.03. The van der Waals surface area contributed by atoms with E-state index in [0.717, 1.165) is 11.1 Å². The van der Waals surface area contributed by atoms with Gasteiger partial charge in [-0.1, -0.05) is 6.07 Å². The van der Waals surface area contributed by atoms with Crippen molar-refractivity contribution in [1.29, 1.82) is 0 Å². The Bertz CT molecular complexity index is 851. The average Bonchev–Trinajstić information content (AvgIpc) is 2.99. The van der Waals surface area contributed by atoms with Crippen LogP contribution in [0.4, 0.5) is 5.69 Å². The second-order valence-electron chi connectivity index (χ2n) is 5.80. The van der Waals surface area contributed by atoms with E-state index < -0.39 is 10.0 Å². The van der Waals surface area contributed by atoms with Crippen molar-refractivity contribution in [3.63, 3.8) is 0 Å². The second kappa shape index (κ2) is 6.60. The standard InChI is InChI=1S/C17H19N3O3S/c1-24(22,23)20-10-7-14-11-15(4-5-16(14)20)17(21)19-9-6-13-3-2-8-18-12-13/h2-5,8,11-12H,6-7,9-10H2,1H3,(H,19,21). The highest BCUT2D eigenvalue weighted by Crippen LogP contribution is 2.30. The lowest BCUT2D eigenvalue weighted by Crippen LogP contribution is -2.27. The molecular formula is C17H19N3O3S. The first kappa shape index (κ1) is 16.4. The lowest BCUT2D eigenvalue weighted by Gasteiger charge is -2.16. The van der Waals surface area contributed by atoms with Crippen molar-refractivity contribution in [1.82, 2.24) is 10.3 Å². The summed E-state index contributed by atoms with van der Waals surface area (Å²) in [7, 11) is -3.27. The van der Waals surface area contributed by atoms with Crippen molar-refractivity contribution < 1.29 is 13.2 Å². The molecule has 1 aliphatic rings. The number of rotatable bonds is 5. The van der Waals surface area contributed by atoms with Crippen LogP contribution in [0.15, 0.2) is 42.7 Å². The molecule has 1 aromatic heterocycles. The van der Waals surface area contributed by atoms with Crippen LogP contribution >= 0.6 is 0 Å². The van der Waals surface area contributed by atoms with Crippen LogP contribution in [0.25, 0.3) is 0 Å². The van der Waals surface area contributed by atoms with E-state index >= 15 is 0 Å². The third kappa shape index (κ3) is 3.56. The number of anilines is 1. The zero-order valence-corrected chi connectivity index (χ0v) is 14.2. The number of carbonyl (C=O) groups excluding carboxylic acids is 1. The van der Waals surface area contributed by atoms with Crippen LogP contribution < -0.4 is 9.62 Å². The first-order chi connectivity index (χ1) is 11.4. The van der Waals surface area contributed by atoms with Crippen LogP contribution in [-0.4, -0.2) is 38.7 Å². The summed E-state index contributed by atoms with van der Waals surface area (Å²) < 4.78 is 24.8. The van der Waals surface area contributed by atoms with Gasteiger partial charge in [0.2, 0.25) is 10.0 Å². The number of hydrogen-bond donors (Lipinski definition) is 1. The van der Waals surface area contributed by atoms with Gasteiger partial charge in [-0.25, -0.2) is 8.42 Å². The molecule has 0 aliphatic carbocycles. The van der Waals surface area contributed by atoms with E-state index in [0.29, 0.717) is 37.2 Å². The summed E-state index contributed by atoms with van der Waals surface area (Å²) in [5.41, 5.74) is 3.18. The molecule has 0 unspecified atom stereocenters. The molecule has 7 heteroatoms. The Kier molecular flexibility index (Phi) is 4.53. The van der Waals surface area contributed by atoms with E-state index in [1.54, 1.807) is 30.6 Å². The molecule has 24 heavy (non-hydrogen) atoms. The fourth-order valence-electron chi connectivity index (χ4n) is 2.83. The van der Waals surface area contributed by atoms with Crippen LogP contribution in [0.3, 0.4) is 0 Å². The van der Waals surface area contributed by atoms with Gasteiger partial charge in [0.15, 0.2) is 0 Å². The Morgan fingerprint density at radius 1 is 1.33 bits per heavy atom. The van der Waals surface area contributed by atoms with Gasteiger partial charge in [-0.2, -0.15) is 0 Å². The van der Waals surface area contributed by atoms with Gasteiger partial charge in [0, 0.05) is 31.0 Å². The lowest BCUT2D eigenvalue weighted by molar-refractivity contribution is 0.0954. The number of amides is 1. The molecule has 0 saturated heterocycles. The molecule has 1 aliphatic heterocycles. The number of hydrogen-bond acceptors (Lipinski definition) is 4. The van der Waals surface area contributed by atoms with Gasteiger partial charge < -0.3 is 5.32 Å². The first-order valence-electron chi connectivity index (χ1n) is 7.73. The molecule has 0 bridgehead atoms. The Morgan fingerprint density at radius 2 is 2.17 bits per heavy atom. The summed E-state index contributed by atoms with van der Waals surface area (Å²) in [5, 5.41) is 2.88. The minimum absolute atomic E-state index is 0.153. The number of fused-ring (bicyclic) bond motifs is 1. The topological polar surface area (TPSA) is 79.4 Å². The summed E-state index contributed by atoms with van der Waals surface area (Å²) >= 11 is 0. The normalized spacial score (nSPS) is 13.6. The molecular weight excluding hydrogens is 326 g/mol. The van der Waals surface area contributed by atoms with Crippen LogP contribution in [0.1, 0.15) is 21.5 Å². The van der Waals surface area contributed by atoms with Crippen molar-refractivity contribution >= 4 is 21.6 Å². The molecule has 1 N–H and O–H groups in total. The zero-order chi connectivity index (χ0) is 17.2. The number of sulfonamides is 1. The maximum absolute atomic E-state index is 12.3. The Hall–Kier alpha value is -2.41. The zero-order valence-electron chi connectivity index (χ0n) is 13.4. The molecule has 2 heterocycles. The largest absolute Gasteiger partial charge is 0.352 e. The maximum atomic E-state index is 12.3. The van der Waals surface area contributed by atoms with Crippen LogP contribution in [0.2, 0.25) is 0 Å². The monoisotopic (exact) mass is 345 g/mol. The number of pyridine rings is 1. The quantitative estimate of drug-likeness (QED) is 0.888. The van der Waals surface area contributed by atoms with Crippen molar-refractivity contribution in [2.24, 2.45) is 0 Å². The highest BCUT2D eigenvalue weighted by Gasteiger charge is 2.26. The molecule has 0 fully saturated rings. The second-order valence-corrected chi connectivity index (χ2v) is 7.70.